The second kappa shape index (κ2) is 10.6. The molecule has 3 aromatic rings. The van der Waals surface area contributed by atoms with Gasteiger partial charge in [-0.2, -0.15) is 0 Å². The van der Waals surface area contributed by atoms with Crippen molar-refractivity contribution in [3.8, 4) is 5.75 Å². The Morgan fingerprint density at radius 2 is 1.80 bits per heavy atom. The van der Waals surface area contributed by atoms with Gasteiger partial charge in [0, 0.05) is 17.7 Å². The molecule has 0 aliphatic carbocycles. The molecule has 1 unspecified atom stereocenters. The van der Waals surface area contributed by atoms with Gasteiger partial charge in [-0.3, -0.25) is 4.79 Å². The van der Waals surface area contributed by atoms with Crippen LogP contribution in [0.5, 0.6) is 5.75 Å². The maximum atomic E-state index is 13.7. The van der Waals surface area contributed by atoms with Crippen LogP contribution in [0.4, 0.5) is 4.39 Å². The number of benzene rings is 2. The summed E-state index contributed by atoms with van der Waals surface area (Å²) in [5.41, 5.74) is 2.04. The van der Waals surface area contributed by atoms with E-state index in [2.05, 4.69) is 5.32 Å². The Bertz CT molecular complexity index is 953. The number of nitrogens with one attached hydrogen (secondary N) is 2. The summed E-state index contributed by atoms with van der Waals surface area (Å²) in [6, 6.07) is 18.1. The molecule has 5 nitrogen and oxygen atoms in total. The van der Waals surface area contributed by atoms with E-state index in [9.17, 15) is 9.18 Å². The van der Waals surface area contributed by atoms with Crippen LogP contribution < -0.4 is 15.0 Å². The van der Waals surface area contributed by atoms with Crippen LogP contribution >= 0.6 is 0 Å². The second-order valence-corrected chi connectivity index (χ2v) is 7.28. The Labute approximate surface area is 176 Å². The number of rotatable bonds is 10. The van der Waals surface area contributed by atoms with Gasteiger partial charge in [0.2, 0.25) is 0 Å². The summed E-state index contributed by atoms with van der Waals surface area (Å²) in [4.78, 5) is 13.3. The largest absolute Gasteiger partial charge is 0.497 e. The lowest BCUT2D eigenvalue weighted by Crippen LogP contribution is -3.08. The third kappa shape index (κ3) is 6.19. The van der Waals surface area contributed by atoms with Crippen molar-refractivity contribution in [2.45, 2.75) is 33.0 Å². The summed E-state index contributed by atoms with van der Waals surface area (Å²) in [7, 11) is 1.64. The maximum Gasteiger partial charge on any atom is 0.286 e. The van der Waals surface area contributed by atoms with E-state index in [0.29, 0.717) is 25.4 Å². The van der Waals surface area contributed by atoms with Crippen molar-refractivity contribution in [2.75, 3.05) is 13.7 Å². The van der Waals surface area contributed by atoms with Gasteiger partial charge in [-0.1, -0.05) is 19.1 Å². The maximum absolute atomic E-state index is 13.7. The molecule has 1 heterocycles. The fourth-order valence-corrected chi connectivity index (χ4v) is 3.32. The Hall–Kier alpha value is -3.12. The Balaban J connectivity index is 1.74. The number of hydrogen-bond acceptors (Lipinski definition) is 3. The highest BCUT2D eigenvalue weighted by molar-refractivity contribution is 5.91. The van der Waals surface area contributed by atoms with E-state index in [-0.39, 0.29) is 11.7 Å². The van der Waals surface area contributed by atoms with E-state index < -0.39 is 0 Å². The molecule has 30 heavy (non-hydrogen) atoms. The summed E-state index contributed by atoms with van der Waals surface area (Å²) in [5, 5.41) is 2.82. The molecule has 0 aliphatic rings. The number of carbonyl (C=O) groups is 1. The normalized spacial score (nSPS) is 11.8. The van der Waals surface area contributed by atoms with Gasteiger partial charge in [-0.15, -0.1) is 0 Å². The van der Waals surface area contributed by atoms with Crippen LogP contribution in [-0.4, -0.2) is 19.6 Å². The van der Waals surface area contributed by atoms with E-state index in [0.717, 1.165) is 35.6 Å². The number of hydrogen-bond donors (Lipinski definition) is 2. The third-order valence-corrected chi connectivity index (χ3v) is 4.80. The molecule has 1 aromatic heterocycles. The topological polar surface area (TPSA) is 55.9 Å². The molecule has 0 spiro atoms. The lowest BCUT2D eigenvalue weighted by Gasteiger charge is -2.19. The summed E-state index contributed by atoms with van der Waals surface area (Å²) < 4.78 is 24.7. The number of carbonyl (C=O) groups excluding carboxylic acids is 1. The minimum Gasteiger partial charge on any atom is -0.497 e. The number of amides is 1. The van der Waals surface area contributed by atoms with Crippen molar-refractivity contribution in [1.29, 1.82) is 0 Å². The first-order valence-electron chi connectivity index (χ1n) is 10.1. The number of ether oxygens (including phenoxy) is 1. The van der Waals surface area contributed by atoms with Gasteiger partial charge in [0.15, 0.2) is 11.5 Å². The molecule has 6 heteroatoms. The third-order valence-electron chi connectivity index (χ3n) is 4.80. The van der Waals surface area contributed by atoms with E-state index in [1.165, 1.54) is 11.0 Å². The molecule has 1 amide bonds. The SMILES string of the molecule is CCCNC(=O)c1ccc(C[NH+](Cc2ccc(OC)cc2)Cc2cccc(F)c2)o1. The predicted octanol–water partition coefficient (Wildman–Crippen LogP) is 3.35. The molecule has 0 saturated heterocycles. The highest BCUT2D eigenvalue weighted by atomic mass is 19.1. The highest BCUT2D eigenvalue weighted by Gasteiger charge is 2.17. The second-order valence-electron chi connectivity index (χ2n) is 7.28. The zero-order chi connectivity index (χ0) is 21.3. The molecule has 3 rings (SSSR count). The first-order valence-corrected chi connectivity index (χ1v) is 10.1. The number of quaternary nitrogens is 1. The van der Waals surface area contributed by atoms with Crippen LogP contribution in [-0.2, 0) is 19.6 Å². The van der Waals surface area contributed by atoms with E-state index in [4.69, 9.17) is 9.15 Å². The molecule has 1 atom stereocenters. The fourth-order valence-electron chi connectivity index (χ4n) is 3.32. The Morgan fingerprint density at radius 3 is 2.50 bits per heavy atom. The minimum absolute atomic E-state index is 0.204. The summed E-state index contributed by atoms with van der Waals surface area (Å²) >= 11 is 0. The van der Waals surface area contributed by atoms with Crippen molar-refractivity contribution in [1.82, 2.24) is 5.32 Å². The molecular formula is C24H28FN2O3+. The van der Waals surface area contributed by atoms with Gasteiger partial charge in [-0.05, 0) is 55.0 Å². The van der Waals surface area contributed by atoms with Crippen molar-refractivity contribution in [3.05, 3.63) is 89.1 Å². The summed E-state index contributed by atoms with van der Waals surface area (Å²) in [5.74, 6) is 1.39. The van der Waals surface area contributed by atoms with Crippen molar-refractivity contribution >= 4 is 5.91 Å². The quantitative estimate of drug-likeness (QED) is 0.538. The number of furan rings is 1. The molecule has 158 valence electrons. The van der Waals surface area contributed by atoms with Gasteiger partial charge in [0.25, 0.3) is 5.91 Å². The molecular weight excluding hydrogens is 383 g/mol. The Morgan fingerprint density at radius 1 is 1.03 bits per heavy atom. The molecule has 2 N–H and O–H groups in total. The van der Waals surface area contributed by atoms with Gasteiger partial charge in [-0.25, -0.2) is 4.39 Å². The van der Waals surface area contributed by atoms with E-state index >= 15 is 0 Å². The summed E-state index contributed by atoms with van der Waals surface area (Å²) in [6.45, 7) is 4.54. The standard InChI is InChI=1S/C24H27FN2O3/c1-3-13-26-24(28)23-12-11-22(30-23)17-27(16-19-5-4-6-20(25)14-19)15-18-7-9-21(29-2)10-8-18/h4-12,14H,3,13,15-17H2,1-2H3,(H,26,28)/p+1. The number of halogens is 1. The zero-order valence-electron chi connectivity index (χ0n) is 17.4. The zero-order valence-corrected chi connectivity index (χ0v) is 17.4. The number of methoxy groups -OCH3 is 1. The van der Waals surface area contributed by atoms with E-state index in [1.807, 2.05) is 43.3 Å². The van der Waals surface area contributed by atoms with Crippen molar-refractivity contribution < 1.29 is 23.2 Å². The van der Waals surface area contributed by atoms with Crippen LogP contribution in [0.15, 0.2) is 65.1 Å². The monoisotopic (exact) mass is 411 g/mol. The van der Waals surface area contributed by atoms with Crippen LogP contribution in [0, 0.1) is 5.82 Å². The average Bonchev–Trinajstić information content (AvgIpc) is 3.21. The van der Waals surface area contributed by atoms with Crippen LogP contribution in [0.3, 0.4) is 0 Å². The first-order chi connectivity index (χ1) is 14.6. The smallest absolute Gasteiger partial charge is 0.286 e. The molecule has 0 radical (unpaired) electrons. The molecule has 0 fully saturated rings. The van der Waals surface area contributed by atoms with Gasteiger partial charge in [0.05, 0.1) is 7.11 Å². The van der Waals surface area contributed by atoms with E-state index in [1.54, 1.807) is 25.3 Å². The van der Waals surface area contributed by atoms with Crippen molar-refractivity contribution in [3.63, 3.8) is 0 Å². The van der Waals surface area contributed by atoms with Gasteiger partial charge >= 0.3 is 0 Å². The average molecular weight is 411 g/mol. The predicted molar refractivity (Wildman–Crippen MR) is 113 cm³/mol. The molecule has 2 aromatic carbocycles. The van der Waals surface area contributed by atoms with Crippen LogP contribution in [0.1, 0.15) is 40.8 Å². The van der Waals surface area contributed by atoms with Crippen LogP contribution in [0.25, 0.3) is 0 Å². The molecule has 0 saturated carbocycles. The van der Waals surface area contributed by atoms with Gasteiger partial charge in [0.1, 0.15) is 31.2 Å². The highest BCUT2D eigenvalue weighted by Crippen LogP contribution is 2.12. The Kier molecular flexibility index (Phi) is 7.63. The van der Waals surface area contributed by atoms with Crippen molar-refractivity contribution in [2.24, 2.45) is 0 Å². The lowest BCUT2D eigenvalue weighted by atomic mass is 10.1. The van der Waals surface area contributed by atoms with Gasteiger partial charge < -0.3 is 19.4 Å². The fraction of sp³-hybridized carbons (Fsp3) is 0.292. The van der Waals surface area contributed by atoms with Crippen LogP contribution in [0.2, 0.25) is 0 Å². The first kappa shape index (κ1) is 21.6. The lowest BCUT2D eigenvalue weighted by molar-refractivity contribution is -0.942. The molecule has 0 aliphatic heterocycles. The summed E-state index contributed by atoms with van der Waals surface area (Å²) in [6.07, 6.45) is 0.868. The minimum atomic E-state index is -0.246. The molecule has 0 bridgehead atoms.